The fourth-order valence-electron chi connectivity index (χ4n) is 1.40. The predicted molar refractivity (Wildman–Crippen MR) is 69.3 cm³/mol. The summed E-state index contributed by atoms with van der Waals surface area (Å²) in [5.41, 5.74) is 6.50. The van der Waals surface area contributed by atoms with Crippen molar-refractivity contribution < 1.29 is 9.53 Å². The fraction of sp³-hybridized carbons (Fsp3) is 0.417. The summed E-state index contributed by atoms with van der Waals surface area (Å²) in [5.74, 6) is -0.187. The molecule has 0 atom stereocenters. The molecule has 17 heavy (non-hydrogen) atoms. The minimum Gasteiger partial charge on any atom is -0.398 e. The van der Waals surface area contributed by atoms with Crippen molar-refractivity contribution in [3.05, 3.63) is 28.8 Å². The number of halogens is 1. The zero-order chi connectivity index (χ0) is 12.8. The number of hydrogen-bond donors (Lipinski definition) is 1. The van der Waals surface area contributed by atoms with Crippen molar-refractivity contribution in [3.8, 4) is 0 Å². The molecule has 0 heterocycles. The second-order valence-electron chi connectivity index (χ2n) is 3.63. The first-order valence-electron chi connectivity index (χ1n) is 5.45. The van der Waals surface area contributed by atoms with Crippen LogP contribution in [0.15, 0.2) is 18.2 Å². The average molecular weight is 257 g/mol. The van der Waals surface area contributed by atoms with Crippen LogP contribution in [0.3, 0.4) is 0 Å². The number of likely N-dealkylation sites (N-methyl/N-ethyl adjacent to an activating group) is 1. The summed E-state index contributed by atoms with van der Waals surface area (Å²) >= 11 is 5.97. The van der Waals surface area contributed by atoms with Crippen LogP contribution in [0, 0.1) is 0 Å². The van der Waals surface area contributed by atoms with E-state index in [-0.39, 0.29) is 5.91 Å². The van der Waals surface area contributed by atoms with Gasteiger partial charge in [0.2, 0.25) is 0 Å². The van der Waals surface area contributed by atoms with Gasteiger partial charge in [-0.3, -0.25) is 4.79 Å². The van der Waals surface area contributed by atoms with Crippen LogP contribution in [-0.2, 0) is 4.74 Å². The first-order valence-corrected chi connectivity index (χ1v) is 5.83. The number of nitrogen functional groups attached to an aromatic ring is 1. The molecule has 0 aliphatic rings. The van der Waals surface area contributed by atoms with E-state index < -0.39 is 0 Å². The minimum absolute atomic E-state index is 0.187. The molecule has 0 spiro atoms. The Kier molecular flexibility index (Phi) is 5.25. The second kappa shape index (κ2) is 6.47. The van der Waals surface area contributed by atoms with Gasteiger partial charge in [0, 0.05) is 25.9 Å². The molecule has 0 radical (unpaired) electrons. The van der Waals surface area contributed by atoms with Crippen molar-refractivity contribution >= 4 is 23.2 Å². The minimum atomic E-state index is -0.187. The lowest BCUT2D eigenvalue weighted by Crippen LogP contribution is -2.31. The Morgan fingerprint density at radius 1 is 1.53 bits per heavy atom. The first-order chi connectivity index (χ1) is 8.07. The van der Waals surface area contributed by atoms with E-state index in [9.17, 15) is 4.79 Å². The van der Waals surface area contributed by atoms with Gasteiger partial charge in [-0.2, -0.15) is 0 Å². The second-order valence-corrected chi connectivity index (χ2v) is 4.03. The molecule has 5 heteroatoms. The molecule has 0 aromatic heterocycles. The molecule has 0 unspecified atom stereocenters. The first kappa shape index (κ1) is 13.8. The van der Waals surface area contributed by atoms with Gasteiger partial charge in [0.05, 0.1) is 17.2 Å². The maximum absolute atomic E-state index is 12.1. The van der Waals surface area contributed by atoms with Crippen molar-refractivity contribution in [2.24, 2.45) is 0 Å². The van der Waals surface area contributed by atoms with E-state index in [0.717, 1.165) is 0 Å². The zero-order valence-electron chi connectivity index (χ0n) is 10.1. The van der Waals surface area contributed by atoms with E-state index in [1.807, 2.05) is 6.92 Å². The summed E-state index contributed by atoms with van der Waals surface area (Å²) in [7, 11) is 1.70. The van der Waals surface area contributed by atoms with E-state index in [1.54, 1.807) is 30.1 Å². The van der Waals surface area contributed by atoms with Gasteiger partial charge in [-0.15, -0.1) is 0 Å². The third kappa shape index (κ3) is 3.61. The Hall–Kier alpha value is -1.26. The highest BCUT2D eigenvalue weighted by molar-refractivity contribution is 6.34. The van der Waals surface area contributed by atoms with Crippen molar-refractivity contribution in [1.29, 1.82) is 0 Å². The summed E-state index contributed by atoms with van der Waals surface area (Å²) in [6, 6.07) is 5.03. The van der Waals surface area contributed by atoms with E-state index in [1.165, 1.54) is 0 Å². The molecule has 0 aliphatic heterocycles. The molecule has 0 fully saturated rings. The molecule has 1 rings (SSSR count). The number of nitrogens with two attached hydrogens (primary N) is 1. The summed E-state index contributed by atoms with van der Waals surface area (Å²) in [4.78, 5) is 13.6. The van der Waals surface area contributed by atoms with Crippen molar-refractivity contribution in [3.63, 3.8) is 0 Å². The molecule has 4 nitrogen and oxygen atoms in total. The number of carbonyl (C=O) groups is 1. The molecular weight excluding hydrogens is 240 g/mol. The van der Waals surface area contributed by atoms with Gasteiger partial charge in [-0.05, 0) is 19.1 Å². The highest BCUT2D eigenvalue weighted by atomic mass is 35.5. The predicted octanol–water partition coefficient (Wildman–Crippen LogP) is 2.03. The summed E-state index contributed by atoms with van der Waals surface area (Å²) in [6.45, 7) is 3.56. The van der Waals surface area contributed by atoms with Crippen LogP contribution in [0.4, 0.5) is 5.69 Å². The zero-order valence-corrected chi connectivity index (χ0v) is 10.8. The van der Waals surface area contributed by atoms with Gasteiger partial charge in [0.25, 0.3) is 5.91 Å². The molecule has 2 N–H and O–H groups in total. The third-order valence-corrected chi connectivity index (χ3v) is 2.70. The number of carbonyl (C=O) groups excluding carboxylic acids is 1. The summed E-state index contributed by atoms with van der Waals surface area (Å²) in [5, 5.41) is 0.373. The van der Waals surface area contributed by atoms with Gasteiger partial charge in [0.1, 0.15) is 0 Å². The Bertz CT molecular complexity index is 376. The van der Waals surface area contributed by atoms with Gasteiger partial charge in [-0.1, -0.05) is 17.7 Å². The average Bonchev–Trinajstić information content (AvgIpc) is 2.28. The molecule has 1 amide bonds. The maximum atomic E-state index is 12.1. The maximum Gasteiger partial charge on any atom is 0.257 e. The van der Waals surface area contributed by atoms with Crippen LogP contribution in [-0.4, -0.2) is 37.6 Å². The van der Waals surface area contributed by atoms with Crippen LogP contribution in [0.25, 0.3) is 0 Å². The van der Waals surface area contributed by atoms with Gasteiger partial charge in [0.15, 0.2) is 0 Å². The highest BCUT2D eigenvalue weighted by Gasteiger charge is 2.17. The Morgan fingerprint density at radius 2 is 2.24 bits per heavy atom. The molecule has 0 saturated carbocycles. The van der Waals surface area contributed by atoms with Gasteiger partial charge >= 0.3 is 0 Å². The molecule has 0 aliphatic carbocycles. The van der Waals surface area contributed by atoms with E-state index in [4.69, 9.17) is 22.1 Å². The summed E-state index contributed by atoms with van der Waals surface area (Å²) < 4.78 is 5.19. The lowest BCUT2D eigenvalue weighted by Gasteiger charge is -2.18. The lowest BCUT2D eigenvalue weighted by atomic mass is 10.1. The molecular formula is C12H17ClN2O2. The molecule has 94 valence electrons. The number of nitrogens with zero attached hydrogens (tertiary/aromatic N) is 1. The quantitative estimate of drug-likeness (QED) is 0.648. The largest absolute Gasteiger partial charge is 0.398 e. The number of rotatable bonds is 5. The Balaban J connectivity index is 2.75. The summed E-state index contributed by atoms with van der Waals surface area (Å²) in [6.07, 6.45) is 0. The normalized spacial score (nSPS) is 10.3. The van der Waals surface area contributed by atoms with Crippen molar-refractivity contribution in [2.75, 3.05) is 32.5 Å². The van der Waals surface area contributed by atoms with E-state index in [2.05, 4.69) is 0 Å². The number of ether oxygens (including phenoxy) is 1. The number of amides is 1. The smallest absolute Gasteiger partial charge is 0.257 e. The number of hydrogen-bond acceptors (Lipinski definition) is 3. The van der Waals surface area contributed by atoms with Crippen LogP contribution < -0.4 is 5.73 Å². The van der Waals surface area contributed by atoms with Crippen LogP contribution in [0.5, 0.6) is 0 Å². The molecule has 1 aromatic carbocycles. The van der Waals surface area contributed by atoms with Crippen LogP contribution in [0.2, 0.25) is 5.02 Å². The monoisotopic (exact) mass is 256 g/mol. The van der Waals surface area contributed by atoms with Crippen molar-refractivity contribution in [1.82, 2.24) is 4.90 Å². The van der Waals surface area contributed by atoms with E-state index >= 15 is 0 Å². The Labute approximate surface area is 106 Å². The number of anilines is 1. The third-order valence-electron chi connectivity index (χ3n) is 2.38. The lowest BCUT2D eigenvalue weighted by molar-refractivity contribution is 0.0711. The van der Waals surface area contributed by atoms with Crippen LogP contribution in [0.1, 0.15) is 17.3 Å². The fourth-order valence-corrected chi connectivity index (χ4v) is 1.67. The molecule has 0 saturated heterocycles. The van der Waals surface area contributed by atoms with E-state index in [0.29, 0.717) is 36.0 Å². The topological polar surface area (TPSA) is 55.6 Å². The van der Waals surface area contributed by atoms with Gasteiger partial charge < -0.3 is 15.4 Å². The SMILES string of the molecule is CCOCCN(C)C(=O)c1c(N)cccc1Cl. The number of benzene rings is 1. The molecule has 1 aromatic rings. The molecule has 0 bridgehead atoms. The standard InChI is InChI=1S/C12H17ClN2O2/c1-3-17-8-7-15(2)12(16)11-9(13)5-4-6-10(11)14/h4-6H,3,7-8,14H2,1-2H3. The highest BCUT2D eigenvalue weighted by Crippen LogP contribution is 2.23. The van der Waals surface area contributed by atoms with Gasteiger partial charge in [-0.25, -0.2) is 0 Å². The van der Waals surface area contributed by atoms with Crippen molar-refractivity contribution in [2.45, 2.75) is 6.92 Å². The van der Waals surface area contributed by atoms with Crippen LogP contribution >= 0.6 is 11.6 Å². The Morgan fingerprint density at radius 3 is 2.82 bits per heavy atom.